The minimum Gasteiger partial charge on any atom is -0.381 e. The van der Waals surface area contributed by atoms with Crippen molar-refractivity contribution in [1.82, 2.24) is 0 Å². The molecule has 0 unspecified atom stereocenters. The van der Waals surface area contributed by atoms with E-state index in [1.165, 1.54) is 16.7 Å². The highest BCUT2D eigenvalue weighted by molar-refractivity contribution is 7.92. The van der Waals surface area contributed by atoms with Crippen molar-refractivity contribution in [2.75, 3.05) is 16.3 Å². The van der Waals surface area contributed by atoms with Gasteiger partial charge >= 0.3 is 0 Å². The van der Waals surface area contributed by atoms with Crippen molar-refractivity contribution in [3.63, 3.8) is 0 Å². The fraction of sp³-hybridized carbons (Fsp3) is 0.250. The minimum atomic E-state index is -3.25. The van der Waals surface area contributed by atoms with Gasteiger partial charge in [0, 0.05) is 12.2 Å². The summed E-state index contributed by atoms with van der Waals surface area (Å²) in [5, 5.41) is 3.31. The first-order valence-electron chi connectivity index (χ1n) is 6.71. The highest BCUT2D eigenvalue weighted by atomic mass is 32.2. The van der Waals surface area contributed by atoms with Gasteiger partial charge in [-0.2, -0.15) is 0 Å². The summed E-state index contributed by atoms with van der Waals surface area (Å²) in [6.07, 6.45) is 1.14. The molecule has 0 aliphatic heterocycles. The SMILES string of the molecule is Cc1cc(C)cc(CNc2cccc(NS(C)(=O)=O)c2)c1. The Morgan fingerprint density at radius 2 is 1.57 bits per heavy atom. The van der Waals surface area contributed by atoms with E-state index in [0.29, 0.717) is 12.2 Å². The highest BCUT2D eigenvalue weighted by Crippen LogP contribution is 2.17. The molecule has 4 nitrogen and oxygen atoms in total. The normalized spacial score (nSPS) is 11.2. The Balaban J connectivity index is 2.08. The van der Waals surface area contributed by atoms with E-state index < -0.39 is 10.0 Å². The zero-order valence-electron chi connectivity index (χ0n) is 12.5. The smallest absolute Gasteiger partial charge is 0.229 e. The predicted molar refractivity (Wildman–Crippen MR) is 88.2 cm³/mol. The Kier molecular flexibility index (Phi) is 4.53. The van der Waals surface area contributed by atoms with E-state index in [1.54, 1.807) is 12.1 Å². The number of sulfonamides is 1. The van der Waals surface area contributed by atoms with Crippen LogP contribution in [-0.2, 0) is 16.6 Å². The lowest BCUT2D eigenvalue weighted by Crippen LogP contribution is -2.09. The molecule has 0 fully saturated rings. The fourth-order valence-electron chi connectivity index (χ4n) is 2.28. The molecule has 0 atom stereocenters. The lowest BCUT2D eigenvalue weighted by Gasteiger charge is -2.10. The van der Waals surface area contributed by atoms with E-state index in [4.69, 9.17) is 0 Å². The van der Waals surface area contributed by atoms with Crippen molar-refractivity contribution in [2.24, 2.45) is 0 Å². The van der Waals surface area contributed by atoms with Gasteiger partial charge < -0.3 is 5.32 Å². The van der Waals surface area contributed by atoms with Gasteiger partial charge in [-0.15, -0.1) is 0 Å². The van der Waals surface area contributed by atoms with Crippen LogP contribution in [0.25, 0.3) is 0 Å². The average molecular weight is 304 g/mol. The van der Waals surface area contributed by atoms with Crippen molar-refractivity contribution in [2.45, 2.75) is 20.4 Å². The molecule has 0 aromatic heterocycles. The Hall–Kier alpha value is -2.01. The van der Waals surface area contributed by atoms with Gasteiger partial charge in [0.25, 0.3) is 0 Å². The van der Waals surface area contributed by atoms with Gasteiger partial charge in [-0.05, 0) is 37.6 Å². The van der Waals surface area contributed by atoms with E-state index in [9.17, 15) is 8.42 Å². The third-order valence-electron chi connectivity index (χ3n) is 2.94. The molecule has 2 aromatic rings. The van der Waals surface area contributed by atoms with Crippen molar-refractivity contribution in [3.05, 3.63) is 59.2 Å². The Labute approximate surface area is 126 Å². The maximum atomic E-state index is 11.2. The lowest BCUT2D eigenvalue weighted by molar-refractivity contribution is 0.607. The second-order valence-corrected chi connectivity index (χ2v) is 7.05. The molecular weight excluding hydrogens is 284 g/mol. The van der Waals surface area contributed by atoms with Gasteiger partial charge in [0.05, 0.1) is 11.9 Å². The molecule has 0 amide bonds. The van der Waals surface area contributed by atoms with E-state index in [-0.39, 0.29) is 0 Å². The molecule has 112 valence electrons. The van der Waals surface area contributed by atoms with E-state index >= 15 is 0 Å². The summed E-state index contributed by atoms with van der Waals surface area (Å²) in [4.78, 5) is 0. The average Bonchev–Trinajstić information content (AvgIpc) is 2.33. The number of aryl methyl sites for hydroxylation is 2. The summed E-state index contributed by atoms with van der Waals surface area (Å²) >= 11 is 0. The number of benzene rings is 2. The first-order chi connectivity index (χ1) is 9.82. The number of rotatable bonds is 5. The standard InChI is InChI=1S/C16H20N2O2S/c1-12-7-13(2)9-14(8-12)11-17-15-5-4-6-16(10-15)18-21(3,19)20/h4-10,17-18H,11H2,1-3H3. The quantitative estimate of drug-likeness (QED) is 0.891. The Bertz CT molecular complexity index is 719. The van der Waals surface area contributed by atoms with E-state index in [1.807, 2.05) is 12.1 Å². The van der Waals surface area contributed by atoms with Gasteiger partial charge in [-0.1, -0.05) is 35.4 Å². The molecule has 0 bridgehead atoms. The van der Waals surface area contributed by atoms with Crippen LogP contribution in [0.1, 0.15) is 16.7 Å². The van der Waals surface area contributed by atoms with Gasteiger partial charge in [0.2, 0.25) is 10.0 Å². The van der Waals surface area contributed by atoms with Crippen LogP contribution in [0.4, 0.5) is 11.4 Å². The zero-order chi connectivity index (χ0) is 15.5. The Morgan fingerprint density at radius 1 is 0.952 bits per heavy atom. The molecule has 0 saturated heterocycles. The monoisotopic (exact) mass is 304 g/mol. The van der Waals surface area contributed by atoms with Crippen LogP contribution in [0.3, 0.4) is 0 Å². The Morgan fingerprint density at radius 3 is 2.19 bits per heavy atom. The van der Waals surface area contributed by atoms with Crippen LogP contribution in [0.15, 0.2) is 42.5 Å². The van der Waals surface area contributed by atoms with E-state index in [0.717, 1.165) is 11.9 Å². The minimum absolute atomic E-state index is 0.558. The number of hydrogen-bond acceptors (Lipinski definition) is 3. The van der Waals surface area contributed by atoms with Gasteiger partial charge in [0.1, 0.15) is 0 Å². The van der Waals surface area contributed by atoms with Gasteiger partial charge in [-0.3, -0.25) is 4.72 Å². The largest absolute Gasteiger partial charge is 0.381 e. The summed E-state index contributed by atoms with van der Waals surface area (Å²) in [5.41, 5.74) is 5.11. The maximum absolute atomic E-state index is 11.2. The van der Waals surface area contributed by atoms with Crippen molar-refractivity contribution >= 4 is 21.4 Å². The molecule has 0 radical (unpaired) electrons. The summed E-state index contributed by atoms with van der Waals surface area (Å²) in [5.74, 6) is 0. The summed E-state index contributed by atoms with van der Waals surface area (Å²) in [6.45, 7) is 4.85. The first-order valence-corrected chi connectivity index (χ1v) is 8.60. The summed E-state index contributed by atoms with van der Waals surface area (Å²) < 4.78 is 24.9. The topological polar surface area (TPSA) is 58.2 Å². The van der Waals surface area contributed by atoms with Crippen LogP contribution in [0.2, 0.25) is 0 Å². The summed E-state index contributed by atoms with van der Waals surface area (Å²) in [7, 11) is -3.25. The van der Waals surface area contributed by atoms with Gasteiger partial charge in [0.15, 0.2) is 0 Å². The molecule has 0 saturated carbocycles. The lowest BCUT2D eigenvalue weighted by atomic mass is 10.1. The summed E-state index contributed by atoms with van der Waals surface area (Å²) in [6, 6.07) is 13.7. The van der Waals surface area contributed by atoms with Crippen molar-refractivity contribution in [1.29, 1.82) is 0 Å². The molecular formula is C16H20N2O2S. The van der Waals surface area contributed by atoms with E-state index in [2.05, 4.69) is 42.1 Å². The van der Waals surface area contributed by atoms with Crippen LogP contribution in [0, 0.1) is 13.8 Å². The highest BCUT2D eigenvalue weighted by Gasteiger charge is 2.02. The molecule has 0 aliphatic carbocycles. The zero-order valence-corrected chi connectivity index (χ0v) is 13.3. The first kappa shape index (κ1) is 15.4. The number of hydrogen-bond donors (Lipinski definition) is 2. The molecule has 2 rings (SSSR count). The van der Waals surface area contributed by atoms with Crippen LogP contribution in [-0.4, -0.2) is 14.7 Å². The third-order valence-corrected chi connectivity index (χ3v) is 3.55. The van der Waals surface area contributed by atoms with Crippen LogP contribution in [0.5, 0.6) is 0 Å². The van der Waals surface area contributed by atoms with Crippen LogP contribution >= 0.6 is 0 Å². The second-order valence-electron chi connectivity index (χ2n) is 5.30. The second kappa shape index (κ2) is 6.18. The molecule has 2 aromatic carbocycles. The van der Waals surface area contributed by atoms with Crippen molar-refractivity contribution < 1.29 is 8.42 Å². The van der Waals surface area contributed by atoms with Crippen LogP contribution < -0.4 is 10.0 Å². The molecule has 21 heavy (non-hydrogen) atoms. The maximum Gasteiger partial charge on any atom is 0.229 e. The van der Waals surface area contributed by atoms with Gasteiger partial charge in [-0.25, -0.2) is 8.42 Å². The fourth-order valence-corrected chi connectivity index (χ4v) is 2.84. The number of anilines is 2. The molecule has 0 heterocycles. The molecule has 0 spiro atoms. The third kappa shape index (κ3) is 5.11. The molecule has 2 N–H and O–H groups in total. The predicted octanol–water partition coefficient (Wildman–Crippen LogP) is 3.29. The van der Waals surface area contributed by atoms with Crippen molar-refractivity contribution in [3.8, 4) is 0 Å². The molecule has 0 aliphatic rings. The number of nitrogens with one attached hydrogen (secondary N) is 2. The molecule has 5 heteroatoms.